The van der Waals surface area contributed by atoms with Crippen LogP contribution in [0.4, 0.5) is 28.8 Å². The van der Waals surface area contributed by atoms with Crippen LogP contribution in [0.3, 0.4) is 0 Å². The predicted molar refractivity (Wildman–Crippen MR) is 207 cm³/mol. The topological polar surface area (TPSA) is 124 Å². The number of anilines is 5. The number of aromatic nitrogens is 2. The zero-order valence-electron chi connectivity index (χ0n) is 30.1. The highest BCUT2D eigenvalue weighted by molar-refractivity contribution is 6.32. The molecule has 5 fully saturated rings. The van der Waals surface area contributed by atoms with Crippen molar-refractivity contribution in [1.82, 2.24) is 20.2 Å². The molecule has 8 rings (SSSR count). The average molecular weight is 727 g/mol. The molecule has 2 aromatic carbocycles. The normalized spacial score (nSPS) is 23.6. The van der Waals surface area contributed by atoms with Crippen molar-refractivity contribution in [3.8, 4) is 5.75 Å². The van der Waals surface area contributed by atoms with Crippen molar-refractivity contribution >= 4 is 52.2 Å². The molecule has 52 heavy (non-hydrogen) atoms. The van der Waals surface area contributed by atoms with Crippen molar-refractivity contribution in [3.63, 3.8) is 0 Å². The molecule has 4 bridgehead atoms. The smallest absolute Gasteiger partial charge is 0.247 e. The Labute approximate surface area is 311 Å². The average Bonchev–Trinajstić information content (AvgIpc) is 3.15. The van der Waals surface area contributed by atoms with Crippen LogP contribution in [-0.2, 0) is 16.1 Å². The first kappa shape index (κ1) is 36.0. The van der Waals surface area contributed by atoms with Crippen LogP contribution in [0.1, 0.15) is 50.5 Å². The second kappa shape index (κ2) is 16.5. The molecule has 2 amide bonds. The highest BCUT2D eigenvalue weighted by atomic mass is 35.5. The first-order valence-corrected chi connectivity index (χ1v) is 19.2. The molecule has 1 aromatic heterocycles. The number of carbonyl (C=O) groups excluding carboxylic acids is 2. The van der Waals surface area contributed by atoms with Gasteiger partial charge in [0.15, 0.2) is 5.82 Å². The van der Waals surface area contributed by atoms with E-state index in [9.17, 15) is 9.59 Å². The number of amides is 2. The van der Waals surface area contributed by atoms with Crippen LogP contribution in [0.2, 0.25) is 5.02 Å². The number of hydrogen-bond acceptors (Lipinski definition) is 9. The van der Waals surface area contributed by atoms with Gasteiger partial charge in [-0.25, -0.2) is 4.98 Å². The first-order chi connectivity index (χ1) is 25.3. The number of nitrogens with one attached hydrogen (secondary N) is 4. The fraction of sp³-hybridized carbons (Fsp3) is 0.500. The lowest BCUT2D eigenvalue weighted by Crippen LogP contribution is -2.47. The molecule has 0 atom stereocenters. The van der Waals surface area contributed by atoms with Crippen molar-refractivity contribution in [3.05, 3.63) is 71.9 Å². The van der Waals surface area contributed by atoms with Crippen LogP contribution in [0, 0.1) is 29.6 Å². The summed E-state index contributed by atoms with van der Waals surface area (Å²) in [4.78, 5) is 38.4. The number of rotatable bonds is 15. The van der Waals surface area contributed by atoms with Crippen LogP contribution in [0.15, 0.2) is 61.3 Å². The molecule has 2 heterocycles. The summed E-state index contributed by atoms with van der Waals surface area (Å²) >= 11 is 6.43. The zero-order valence-corrected chi connectivity index (χ0v) is 30.8. The highest BCUT2D eigenvalue weighted by Crippen LogP contribution is 2.57. The van der Waals surface area contributed by atoms with E-state index in [1.807, 2.05) is 36.4 Å². The summed E-state index contributed by atoms with van der Waals surface area (Å²) in [7, 11) is 1.66. The number of methoxy groups -OCH3 is 1. The van der Waals surface area contributed by atoms with Gasteiger partial charge in [0.1, 0.15) is 10.8 Å². The molecular weight excluding hydrogens is 676 g/mol. The number of ether oxygens (including phenoxy) is 1. The lowest BCUT2D eigenvalue weighted by atomic mass is 9.51. The second-order valence-corrected chi connectivity index (χ2v) is 15.4. The number of piperazine rings is 1. The summed E-state index contributed by atoms with van der Waals surface area (Å²) in [6.45, 7) is 9.50. The summed E-state index contributed by atoms with van der Waals surface area (Å²) < 4.78 is 5.77. The number of nitrogens with zero attached hydrogens (tertiary/aromatic N) is 4. The summed E-state index contributed by atoms with van der Waals surface area (Å²) in [6.07, 6.45) is 11.5. The Hall–Kier alpha value is -4.35. The lowest BCUT2D eigenvalue weighted by Gasteiger charge is -2.54. The van der Waals surface area contributed by atoms with Gasteiger partial charge in [-0.3, -0.25) is 14.5 Å². The van der Waals surface area contributed by atoms with E-state index in [-0.39, 0.29) is 11.8 Å². The quantitative estimate of drug-likeness (QED) is 0.100. The molecular formula is C40H51ClN8O3. The maximum absolute atomic E-state index is 12.8. The molecule has 4 saturated carbocycles. The minimum atomic E-state index is -0.267. The van der Waals surface area contributed by atoms with Crippen LogP contribution < -0.4 is 30.9 Å². The molecule has 1 aliphatic heterocycles. The van der Waals surface area contributed by atoms with Crippen molar-refractivity contribution in [2.45, 2.75) is 51.5 Å². The Bertz CT molecular complexity index is 1720. The van der Waals surface area contributed by atoms with E-state index in [0.717, 1.165) is 92.7 Å². The van der Waals surface area contributed by atoms with Gasteiger partial charge < -0.3 is 30.9 Å². The SMILES string of the molecule is C=CC(=O)Nc1cccc(CNc2nc(Nc3ccc(N4CCN(CCCNC(=O)CC5C6CC7CC(C6)CC5C7)CC4)cc3OC)ncc2Cl)c1. The molecule has 3 aromatic rings. The Morgan fingerprint density at radius 2 is 1.79 bits per heavy atom. The number of halogens is 1. The Balaban J connectivity index is 0.852. The van der Waals surface area contributed by atoms with Gasteiger partial charge in [-0.1, -0.05) is 30.3 Å². The van der Waals surface area contributed by atoms with Crippen molar-refractivity contribution < 1.29 is 14.3 Å². The van der Waals surface area contributed by atoms with E-state index in [1.54, 1.807) is 13.3 Å². The van der Waals surface area contributed by atoms with Crippen LogP contribution in [0.25, 0.3) is 0 Å². The van der Waals surface area contributed by atoms with E-state index < -0.39 is 0 Å². The third kappa shape index (κ3) is 8.81. The van der Waals surface area contributed by atoms with Gasteiger partial charge in [0.25, 0.3) is 0 Å². The van der Waals surface area contributed by atoms with E-state index >= 15 is 0 Å². The fourth-order valence-corrected chi connectivity index (χ4v) is 9.37. The van der Waals surface area contributed by atoms with Gasteiger partial charge in [0.2, 0.25) is 17.8 Å². The van der Waals surface area contributed by atoms with Crippen LogP contribution in [-0.4, -0.2) is 73.1 Å². The molecule has 5 aliphatic rings. The summed E-state index contributed by atoms with van der Waals surface area (Å²) in [5, 5.41) is 12.9. The lowest BCUT2D eigenvalue weighted by molar-refractivity contribution is -0.126. The van der Waals surface area contributed by atoms with Crippen LogP contribution in [0.5, 0.6) is 5.75 Å². The number of carbonyl (C=O) groups is 2. The summed E-state index contributed by atoms with van der Waals surface area (Å²) in [6, 6.07) is 13.6. The number of benzene rings is 2. The summed E-state index contributed by atoms with van der Waals surface area (Å²) in [5.41, 5.74) is 3.46. The third-order valence-electron chi connectivity index (χ3n) is 11.6. The standard InChI is InChI=1S/C40H51ClN8O3/c1-3-37(50)45-31-7-4-6-26(21-31)24-43-39-34(41)25-44-40(47-39)46-35-9-8-32(22-36(35)52-2)49-14-12-48(13-15-49)11-5-10-42-38(51)23-33-29-17-27-16-28(19-29)20-30(33)18-27/h3-4,6-9,21-22,25,27-30,33H,1,5,10-20,23-24H2,2H3,(H,42,51)(H,45,50)(H2,43,44,46,47). The molecule has 0 spiro atoms. The van der Waals surface area contributed by atoms with Gasteiger partial charge in [-0.05, 0) is 111 Å². The fourth-order valence-electron chi connectivity index (χ4n) is 9.21. The summed E-state index contributed by atoms with van der Waals surface area (Å²) in [5.74, 6) is 5.71. The molecule has 0 radical (unpaired) electrons. The van der Waals surface area contributed by atoms with Crippen LogP contribution >= 0.6 is 11.6 Å². The van der Waals surface area contributed by atoms with Gasteiger partial charge in [-0.15, -0.1) is 0 Å². The largest absolute Gasteiger partial charge is 0.494 e. The molecule has 4 aliphatic carbocycles. The van der Waals surface area contributed by atoms with E-state index in [1.165, 1.54) is 38.2 Å². The Morgan fingerprint density at radius 1 is 1.02 bits per heavy atom. The van der Waals surface area contributed by atoms with Gasteiger partial charge in [0, 0.05) is 63.1 Å². The second-order valence-electron chi connectivity index (χ2n) is 15.0. The van der Waals surface area contributed by atoms with Crippen molar-refractivity contribution in [2.24, 2.45) is 29.6 Å². The predicted octanol–water partition coefficient (Wildman–Crippen LogP) is 6.71. The van der Waals surface area contributed by atoms with Gasteiger partial charge in [-0.2, -0.15) is 4.98 Å². The molecule has 0 unspecified atom stereocenters. The van der Waals surface area contributed by atoms with Gasteiger partial charge in [0.05, 0.1) is 19.0 Å². The molecule has 276 valence electrons. The first-order valence-electron chi connectivity index (χ1n) is 18.8. The monoisotopic (exact) mass is 726 g/mol. The minimum Gasteiger partial charge on any atom is -0.494 e. The van der Waals surface area contributed by atoms with Crippen molar-refractivity contribution in [1.29, 1.82) is 0 Å². The molecule has 1 saturated heterocycles. The maximum Gasteiger partial charge on any atom is 0.247 e. The zero-order chi connectivity index (χ0) is 36.0. The van der Waals surface area contributed by atoms with E-state index in [0.29, 0.717) is 40.7 Å². The van der Waals surface area contributed by atoms with E-state index in [4.69, 9.17) is 16.3 Å². The van der Waals surface area contributed by atoms with Crippen molar-refractivity contribution in [2.75, 3.05) is 67.2 Å². The maximum atomic E-state index is 12.8. The highest BCUT2D eigenvalue weighted by Gasteiger charge is 2.48. The van der Waals surface area contributed by atoms with E-state index in [2.05, 4.69) is 53.7 Å². The molecule has 12 heteroatoms. The Kier molecular flexibility index (Phi) is 11.5. The molecule has 4 N–H and O–H groups in total. The Morgan fingerprint density at radius 3 is 2.52 bits per heavy atom. The number of hydrogen-bond donors (Lipinski definition) is 4. The molecule has 11 nitrogen and oxygen atoms in total. The minimum absolute atomic E-state index is 0.267. The third-order valence-corrected chi connectivity index (χ3v) is 11.8. The van der Waals surface area contributed by atoms with Gasteiger partial charge >= 0.3 is 0 Å².